The van der Waals surface area contributed by atoms with Crippen LogP contribution in [0, 0.1) is 0 Å². The van der Waals surface area contributed by atoms with Crippen LogP contribution in [-0.4, -0.2) is 18.7 Å². The van der Waals surface area contributed by atoms with Crippen LogP contribution in [-0.2, 0) is 11.0 Å². The fraction of sp³-hybridized carbons (Fsp3) is 0.158. The second-order valence-electron chi connectivity index (χ2n) is 5.41. The molecule has 0 aliphatic carbocycles. The van der Waals surface area contributed by atoms with Gasteiger partial charge in [0.2, 0.25) is 0 Å². The molecule has 2 aromatic carbocycles. The third-order valence-corrected chi connectivity index (χ3v) is 3.18. The molecule has 0 saturated heterocycles. The largest absolute Gasteiger partial charge is 0.484 e. The Bertz CT molecular complexity index is 800. The maximum absolute atomic E-state index is 12.6. The molecule has 1 amide bonds. The van der Waals surface area contributed by atoms with Crippen LogP contribution in [0.25, 0.3) is 6.08 Å². The van der Waals surface area contributed by atoms with E-state index >= 15 is 0 Å². The summed E-state index contributed by atoms with van der Waals surface area (Å²) in [6.07, 6.45) is -1.11. The number of carbonyl (C=O) groups is 1. The lowest BCUT2D eigenvalue weighted by Gasteiger charge is -2.09. The molecule has 0 aliphatic heterocycles. The van der Waals surface area contributed by atoms with Crippen molar-refractivity contribution in [3.8, 4) is 5.75 Å². The minimum atomic E-state index is -4.46. The van der Waals surface area contributed by atoms with E-state index in [1.165, 1.54) is 18.3 Å². The summed E-state index contributed by atoms with van der Waals surface area (Å²) in [5.74, 6) is -0.620. The van der Waals surface area contributed by atoms with Gasteiger partial charge in [0.05, 0.1) is 11.8 Å². The number of ether oxygens (including phenoxy) is 1. The van der Waals surface area contributed by atoms with Crippen molar-refractivity contribution in [2.45, 2.75) is 13.1 Å². The second kappa shape index (κ2) is 8.84. The zero-order chi connectivity index (χ0) is 19.0. The maximum atomic E-state index is 12.6. The Morgan fingerprint density at radius 1 is 1.15 bits per heavy atom. The fourth-order valence-corrected chi connectivity index (χ4v) is 2.00. The van der Waals surface area contributed by atoms with Crippen molar-refractivity contribution in [1.29, 1.82) is 0 Å². The number of nitrogens with zero attached hydrogens (tertiary/aromatic N) is 1. The number of halogens is 3. The highest BCUT2D eigenvalue weighted by Crippen LogP contribution is 2.31. The minimum absolute atomic E-state index is 0.0425. The Morgan fingerprint density at radius 2 is 1.88 bits per heavy atom. The van der Waals surface area contributed by atoms with Gasteiger partial charge < -0.3 is 4.74 Å². The van der Waals surface area contributed by atoms with E-state index in [0.29, 0.717) is 0 Å². The summed E-state index contributed by atoms with van der Waals surface area (Å²) < 4.78 is 42.9. The van der Waals surface area contributed by atoms with Crippen molar-refractivity contribution < 1.29 is 22.7 Å². The predicted molar refractivity (Wildman–Crippen MR) is 93.7 cm³/mol. The normalized spacial score (nSPS) is 12.2. The van der Waals surface area contributed by atoms with Crippen LogP contribution in [0.5, 0.6) is 5.75 Å². The van der Waals surface area contributed by atoms with Gasteiger partial charge in [-0.05, 0) is 36.3 Å². The highest BCUT2D eigenvalue weighted by atomic mass is 19.4. The zero-order valence-corrected chi connectivity index (χ0v) is 14.0. The molecule has 4 nitrogen and oxygen atoms in total. The molecule has 0 aromatic heterocycles. The fourth-order valence-electron chi connectivity index (χ4n) is 2.00. The number of benzene rings is 2. The Hall–Kier alpha value is -3.09. The molecule has 0 heterocycles. The summed E-state index contributed by atoms with van der Waals surface area (Å²) in [6.45, 7) is 1.38. The van der Waals surface area contributed by atoms with Crippen molar-refractivity contribution in [2.75, 3.05) is 6.61 Å². The van der Waals surface area contributed by atoms with Crippen LogP contribution in [0.3, 0.4) is 0 Å². The number of hydrogen-bond acceptors (Lipinski definition) is 3. The number of amides is 1. The van der Waals surface area contributed by atoms with Gasteiger partial charge in [0.15, 0.2) is 6.61 Å². The molecular formula is C19H17F3N2O2. The smallest absolute Gasteiger partial charge is 0.416 e. The van der Waals surface area contributed by atoms with E-state index in [9.17, 15) is 18.0 Å². The standard InChI is InChI=1S/C19H17F3N2O2/c1-14(10-15-6-3-2-4-7-15)12-23-24-18(25)13-26-17-9-5-8-16(11-17)19(20,21)22/h2-12H,13H2,1H3,(H,24,25)/b14-10+,23-12+. The van der Waals surface area contributed by atoms with Gasteiger partial charge in [-0.3, -0.25) is 4.79 Å². The van der Waals surface area contributed by atoms with Crippen LogP contribution in [0.4, 0.5) is 13.2 Å². The quantitative estimate of drug-likeness (QED) is 0.616. The zero-order valence-electron chi connectivity index (χ0n) is 14.0. The number of hydrogen-bond donors (Lipinski definition) is 1. The third kappa shape index (κ3) is 6.43. The molecule has 136 valence electrons. The average Bonchev–Trinajstić information content (AvgIpc) is 2.60. The first-order valence-electron chi connectivity index (χ1n) is 7.70. The highest BCUT2D eigenvalue weighted by Gasteiger charge is 2.30. The van der Waals surface area contributed by atoms with Crippen molar-refractivity contribution in [1.82, 2.24) is 5.43 Å². The Kier molecular flexibility index (Phi) is 6.54. The van der Waals surface area contributed by atoms with Crippen molar-refractivity contribution >= 4 is 18.2 Å². The predicted octanol–water partition coefficient (Wildman–Crippen LogP) is 4.29. The van der Waals surface area contributed by atoms with Crippen LogP contribution in [0.2, 0.25) is 0 Å². The molecular weight excluding hydrogens is 345 g/mol. The molecule has 0 unspecified atom stereocenters. The number of nitrogens with one attached hydrogen (secondary N) is 1. The first-order valence-corrected chi connectivity index (χ1v) is 7.70. The molecule has 26 heavy (non-hydrogen) atoms. The van der Waals surface area contributed by atoms with Gasteiger partial charge in [0.25, 0.3) is 5.91 Å². The van der Waals surface area contributed by atoms with Gasteiger partial charge in [0.1, 0.15) is 5.75 Å². The molecule has 2 aromatic rings. The number of alkyl halides is 3. The van der Waals surface area contributed by atoms with Crippen LogP contribution in [0.15, 0.2) is 65.3 Å². The summed E-state index contributed by atoms with van der Waals surface area (Å²) in [4.78, 5) is 11.6. The SMILES string of the molecule is CC(/C=N/NC(=O)COc1cccc(C(F)(F)F)c1)=C\c1ccccc1. The Balaban J connectivity index is 1.83. The lowest BCUT2D eigenvalue weighted by molar-refractivity contribution is -0.137. The van der Waals surface area contributed by atoms with Gasteiger partial charge in [0, 0.05) is 0 Å². The van der Waals surface area contributed by atoms with E-state index in [1.807, 2.05) is 43.3 Å². The molecule has 0 bridgehead atoms. The van der Waals surface area contributed by atoms with Crippen LogP contribution >= 0.6 is 0 Å². The Morgan fingerprint density at radius 3 is 2.58 bits per heavy atom. The molecule has 0 atom stereocenters. The van der Waals surface area contributed by atoms with Gasteiger partial charge in [-0.25, -0.2) is 5.43 Å². The van der Waals surface area contributed by atoms with Crippen molar-refractivity contribution in [3.63, 3.8) is 0 Å². The molecule has 0 aliphatic rings. The van der Waals surface area contributed by atoms with Crippen LogP contribution < -0.4 is 10.2 Å². The molecule has 0 spiro atoms. The second-order valence-corrected chi connectivity index (χ2v) is 5.41. The minimum Gasteiger partial charge on any atom is -0.484 e. The van der Waals surface area contributed by atoms with Crippen molar-refractivity contribution in [2.24, 2.45) is 5.10 Å². The lowest BCUT2D eigenvalue weighted by Crippen LogP contribution is -2.24. The van der Waals surface area contributed by atoms with Crippen LogP contribution in [0.1, 0.15) is 18.1 Å². The van der Waals surface area contributed by atoms with Gasteiger partial charge in [-0.1, -0.05) is 42.5 Å². The van der Waals surface area contributed by atoms with Gasteiger partial charge in [-0.15, -0.1) is 0 Å². The molecule has 2 rings (SSSR count). The van der Waals surface area contributed by atoms with E-state index in [0.717, 1.165) is 23.3 Å². The maximum Gasteiger partial charge on any atom is 0.416 e. The van der Waals surface area contributed by atoms with E-state index in [1.54, 1.807) is 0 Å². The first kappa shape index (κ1) is 19.2. The molecule has 0 radical (unpaired) electrons. The number of hydrazone groups is 1. The summed E-state index contributed by atoms with van der Waals surface area (Å²) in [5, 5.41) is 3.78. The molecule has 1 N–H and O–H groups in total. The molecule has 0 fully saturated rings. The van der Waals surface area contributed by atoms with Crippen molar-refractivity contribution in [3.05, 3.63) is 71.3 Å². The molecule has 0 saturated carbocycles. The number of rotatable bonds is 6. The first-order chi connectivity index (χ1) is 12.3. The molecule has 7 heteroatoms. The van der Waals surface area contributed by atoms with E-state index < -0.39 is 24.3 Å². The topological polar surface area (TPSA) is 50.7 Å². The van der Waals surface area contributed by atoms with Gasteiger partial charge >= 0.3 is 6.18 Å². The number of allylic oxidation sites excluding steroid dienone is 1. The van der Waals surface area contributed by atoms with E-state index in [2.05, 4.69) is 10.5 Å². The third-order valence-electron chi connectivity index (χ3n) is 3.18. The summed E-state index contributed by atoms with van der Waals surface area (Å²) in [7, 11) is 0. The summed E-state index contributed by atoms with van der Waals surface area (Å²) in [5.41, 5.74) is 3.23. The monoisotopic (exact) mass is 362 g/mol. The Labute approximate surface area is 149 Å². The highest BCUT2D eigenvalue weighted by molar-refractivity contribution is 5.86. The van der Waals surface area contributed by atoms with E-state index in [4.69, 9.17) is 4.74 Å². The van der Waals surface area contributed by atoms with E-state index in [-0.39, 0.29) is 5.75 Å². The number of carbonyl (C=O) groups excluding carboxylic acids is 1. The average molecular weight is 362 g/mol. The van der Waals surface area contributed by atoms with Gasteiger partial charge in [-0.2, -0.15) is 18.3 Å². The summed E-state index contributed by atoms with van der Waals surface area (Å²) >= 11 is 0. The lowest BCUT2D eigenvalue weighted by atomic mass is 10.1. The summed E-state index contributed by atoms with van der Waals surface area (Å²) in [6, 6.07) is 13.9.